The molecule has 4 rings (SSSR count). The average Bonchev–Trinajstić information content (AvgIpc) is 3.38. The number of carbonyl (C=O) groups is 1. The summed E-state index contributed by atoms with van der Waals surface area (Å²) in [5.41, 5.74) is 0.915. The smallest absolute Gasteiger partial charge is 0.310 e. The van der Waals surface area contributed by atoms with Crippen molar-refractivity contribution >= 4 is 5.91 Å². The van der Waals surface area contributed by atoms with E-state index < -0.39 is 0 Å². The highest BCUT2D eigenvalue weighted by molar-refractivity contribution is 5.90. The van der Waals surface area contributed by atoms with E-state index in [0.29, 0.717) is 30.3 Å². The van der Waals surface area contributed by atoms with Crippen LogP contribution < -0.4 is 0 Å². The highest BCUT2D eigenvalue weighted by atomic mass is 16.4. The van der Waals surface area contributed by atoms with Crippen LogP contribution in [0.1, 0.15) is 29.7 Å². The molecule has 8 heteroatoms. The summed E-state index contributed by atoms with van der Waals surface area (Å²) >= 11 is 0. The third-order valence-electron chi connectivity index (χ3n) is 5.33. The summed E-state index contributed by atoms with van der Waals surface area (Å²) in [5.74, 6) is 0.484. The lowest BCUT2D eigenvalue weighted by molar-refractivity contribution is 0.0692. The van der Waals surface area contributed by atoms with E-state index in [1.165, 1.54) is 12.4 Å². The highest BCUT2D eigenvalue weighted by Crippen LogP contribution is 2.36. The average molecular weight is 348 g/mol. The molecular formula is C18H16N6O2. The molecule has 2 fully saturated rings. The molecule has 0 bridgehead atoms. The number of nitrogens with zero attached hydrogens (tertiary/aromatic N) is 6. The van der Waals surface area contributed by atoms with E-state index in [9.17, 15) is 10.1 Å². The predicted molar refractivity (Wildman–Crippen MR) is 89.2 cm³/mol. The molecule has 4 heterocycles. The molecule has 2 aromatic rings. The predicted octanol–water partition coefficient (Wildman–Crippen LogP) is 1.62. The van der Waals surface area contributed by atoms with Crippen LogP contribution in [0.2, 0.25) is 0 Å². The maximum atomic E-state index is 12.9. The van der Waals surface area contributed by atoms with Gasteiger partial charge in [0.05, 0.1) is 12.2 Å². The Morgan fingerprint density at radius 3 is 3.00 bits per heavy atom. The summed E-state index contributed by atoms with van der Waals surface area (Å²) in [4.78, 5) is 24.4. The minimum absolute atomic E-state index is 0.0126. The largest absolute Gasteiger partial charge is 0.432 e. The van der Waals surface area contributed by atoms with Crippen LogP contribution in [0, 0.1) is 28.7 Å². The third-order valence-corrected chi connectivity index (χ3v) is 5.33. The summed E-state index contributed by atoms with van der Waals surface area (Å²) in [6, 6.07) is 5.41. The first-order chi connectivity index (χ1) is 12.6. The number of hydrogen-bond donors (Lipinski definition) is 0. The molecule has 2 aromatic heterocycles. The zero-order valence-electron chi connectivity index (χ0n) is 14.2. The maximum Gasteiger partial charge on any atom is 0.310 e. The van der Waals surface area contributed by atoms with Crippen molar-refractivity contribution in [2.75, 3.05) is 13.1 Å². The van der Waals surface area contributed by atoms with E-state index in [1.807, 2.05) is 13.0 Å². The number of fused-ring (bicyclic) bond motifs is 1. The zero-order chi connectivity index (χ0) is 18.3. The van der Waals surface area contributed by atoms with Crippen molar-refractivity contribution in [1.29, 1.82) is 10.5 Å². The minimum atomic E-state index is -0.259. The van der Waals surface area contributed by atoms with Crippen LogP contribution >= 0.6 is 0 Å². The molecule has 0 aliphatic carbocycles. The fourth-order valence-corrected chi connectivity index (χ4v) is 3.93. The second-order valence-electron chi connectivity index (χ2n) is 6.58. The van der Waals surface area contributed by atoms with Crippen LogP contribution in [-0.2, 0) is 0 Å². The van der Waals surface area contributed by atoms with Gasteiger partial charge in [0.15, 0.2) is 12.0 Å². The van der Waals surface area contributed by atoms with Gasteiger partial charge in [0.25, 0.3) is 5.89 Å². The molecule has 0 aromatic carbocycles. The number of oxazole rings is 1. The van der Waals surface area contributed by atoms with Gasteiger partial charge in [-0.2, -0.15) is 10.5 Å². The summed E-state index contributed by atoms with van der Waals surface area (Å²) < 4.78 is 5.65. The van der Waals surface area contributed by atoms with Crippen molar-refractivity contribution in [3.63, 3.8) is 0 Å². The van der Waals surface area contributed by atoms with E-state index in [0.717, 1.165) is 6.42 Å². The summed E-state index contributed by atoms with van der Waals surface area (Å²) in [5, 5.41) is 18.2. The van der Waals surface area contributed by atoms with Gasteiger partial charge in [0.1, 0.15) is 11.8 Å². The number of nitriles is 2. The SMILES string of the molecule is C[C@H]1[C@@H]2CCN(C(=O)c3ncc(-c4ccnc(C#N)c4)o3)[C@@H]2CN1C#N. The lowest BCUT2D eigenvalue weighted by Crippen LogP contribution is -2.39. The Hall–Kier alpha value is -3.39. The number of carbonyl (C=O) groups excluding carboxylic acids is 1. The monoisotopic (exact) mass is 348 g/mol. The first kappa shape index (κ1) is 16.1. The summed E-state index contributed by atoms with van der Waals surface area (Å²) in [7, 11) is 0. The van der Waals surface area contributed by atoms with Crippen molar-refractivity contribution in [2.45, 2.75) is 25.4 Å². The zero-order valence-corrected chi connectivity index (χ0v) is 14.2. The molecule has 8 nitrogen and oxygen atoms in total. The van der Waals surface area contributed by atoms with Gasteiger partial charge >= 0.3 is 5.91 Å². The van der Waals surface area contributed by atoms with Crippen LogP contribution in [0.4, 0.5) is 0 Å². The number of pyridine rings is 1. The fraction of sp³-hybridized carbons (Fsp3) is 0.389. The summed E-state index contributed by atoms with van der Waals surface area (Å²) in [6.45, 7) is 3.22. The minimum Gasteiger partial charge on any atom is -0.432 e. The van der Waals surface area contributed by atoms with Crippen molar-refractivity contribution in [2.24, 2.45) is 5.92 Å². The Kier molecular flexibility index (Phi) is 3.81. The van der Waals surface area contributed by atoms with Crippen LogP contribution in [0.5, 0.6) is 0 Å². The van der Waals surface area contributed by atoms with Gasteiger partial charge < -0.3 is 14.2 Å². The third kappa shape index (κ3) is 2.47. The van der Waals surface area contributed by atoms with Gasteiger partial charge in [0.2, 0.25) is 0 Å². The molecule has 2 aliphatic heterocycles. The molecule has 1 amide bonds. The Labute approximate surface area is 150 Å². The maximum absolute atomic E-state index is 12.9. The molecule has 0 spiro atoms. The van der Waals surface area contributed by atoms with E-state index in [-0.39, 0.29) is 29.6 Å². The molecule has 0 saturated carbocycles. The molecule has 26 heavy (non-hydrogen) atoms. The van der Waals surface area contributed by atoms with Gasteiger partial charge in [-0.1, -0.05) is 0 Å². The van der Waals surface area contributed by atoms with Crippen LogP contribution in [0.3, 0.4) is 0 Å². The number of aromatic nitrogens is 2. The highest BCUT2D eigenvalue weighted by Gasteiger charge is 2.48. The lowest BCUT2D eigenvalue weighted by atomic mass is 9.98. The van der Waals surface area contributed by atoms with Crippen LogP contribution in [-0.4, -0.2) is 50.8 Å². The molecule has 0 radical (unpaired) electrons. The van der Waals surface area contributed by atoms with Crippen molar-refractivity contribution in [3.05, 3.63) is 36.1 Å². The molecule has 3 atom stereocenters. The number of rotatable bonds is 2. The van der Waals surface area contributed by atoms with Crippen molar-refractivity contribution in [1.82, 2.24) is 19.8 Å². The van der Waals surface area contributed by atoms with Crippen molar-refractivity contribution < 1.29 is 9.21 Å². The second kappa shape index (κ2) is 6.16. The van der Waals surface area contributed by atoms with Gasteiger partial charge in [-0.05, 0) is 25.5 Å². The Morgan fingerprint density at radius 2 is 2.23 bits per heavy atom. The van der Waals surface area contributed by atoms with E-state index in [2.05, 4.69) is 16.2 Å². The Bertz CT molecular complexity index is 940. The molecular weight excluding hydrogens is 332 g/mol. The molecule has 130 valence electrons. The fourth-order valence-electron chi connectivity index (χ4n) is 3.93. The summed E-state index contributed by atoms with van der Waals surface area (Å²) in [6.07, 6.45) is 6.07. The molecule has 0 N–H and O–H groups in total. The topological polar surface area (TPSA) is 110 Å². The first-order valence-corrected chi connectivity index (χ1v) is 8.42. The molecule has 0 unspecified atom stereocenters. The second-order valence-corrected chi connectivity index (χ2v) is 6.58. The van der Waals surface area contributed by atoms with Crippen LogP contribution in [0.15, 0.2) is 28.9 Å². The van der Waals surface area contributed by atoms with Gasteiger partial charge in [0, 0.05) is 36.8 Å². The van der Waals surface area contributed by atoms with Crippen LogP contribution in [0.25, 0.3) is 11.3 Å². The van der Waals surface area contributed by atoms with E-state index in [1.54, 1.807) is 21.9 Å². The number of amides is 1. The van der Waals surface area contributed by atoms with Gasteiger partial charge in [-0.3, -0.25) is 4.79 Å². The van der Waals surface area contributed by atoms with Gasteiger partial charge in [-0.15, -0.1) is 0 Å². The standard InChI is InChI=1S/C18H16N6O2/c1-11-14-3-5-24(15(14)9-23(11)10-20)18(25)17-22-8-16(26-17)12-2-4-21-13(6-12)7-19/h2,4,6,8,11,14-15H,3,5,9H2,1H3/t11-,14-,15+/m0/s1. The number of hydrogen-bond acceptors (Lipinski definition) is 7. The number of likely N-dealkylation sites (tertiary alicyclic amines) is 2. The van der Waals surface area contributed by atoms with Gasteiger partial charge in [-0.25, -0.2) is 9.97 Å². The quantitative estimate of drug-likeness (QED) is 0.758. The lowest BCUT2D eigenvalue weighted by Gasteiger charge is -2.22. The molecule has 2 saturated heterocycles. The Balaban J connectivity index is 1.56. The van der Waals surface area contributed by atoms with Crippen molar-refractivity contribution in [3.8, 4) is 23.6 Å². The van der Waals surface area contributed by atoms with E-state index >= 15 is 0 Å². The Morgan fingerprint density at radius 1 is 1.38 bits per heavy atom. The first-order valence-electron chi connectivity index (χ1n) is 8.42. The van der Waals surface area contributed by atoms with E-state index in [4.69, 9.17) is 9.68 Å². The normalized spacial score (nSPS) is 24.2. The molecule has 2 aliphatic rings.